The molecule has 0 aliphatic carbocycles. The number of rotatable bonds is 9. The summed E-state index contributed by atoms with van der Waals surface area (Å²) in [6, 6.07) is 16.4. The Kier molecular flexibility index (Phi) is 7.91. The minimum absolute atomic E-state index is 0.0272. The van der Waals surface area contributed by atoms with Crippen molar-refractivity contribution >= 4 is 27.8 Å². The van der Waals surface area contributed by atoms with Crippen molar-refractivity contribution in [3.63, 3.8) is 0 Å². The lowest BCUT2D eigenvalue weighted by atomic mass is 10.1. The highest BCUT2D eigenvalue weighted by Crippen LogP contribution is 2.27. The number of aryl methyl sites for hydroxylation is 2. The van der Waals surface area contributed by atoms with Crippen molar-refractivity contribution in [2.24, 2.45) is 5.10 Å². The van der Waals surface area contributed by atoms with E-state index in [2.05, 4.69) is 15.2 Å². The van der Waals surface area contributed by atoms with Gasteiger partial charge in [0.05, 0.1) is 30.5 Å². The van der Waals surface area contributed by atoms with Gasteiger partial charge in [-0.1, -0.05) is 23.8 Å². The molecule has 9 heteroatoms. The van der Waals surface area contributed by atoms with Gasteiger partial charge in [0, 0.05) is 5.56 Å². The second-order valence-corrected chi connectivity index (χ2v) is 9.18. The number of ether oxygens (including phenoxy) is 2. The molecule has 0 saturated heterocycles. The third-order valence-electron chi connectivity index (χ3n) is 4.90. The fourth-order valence-electron chi connectivity index (χ4n) is 3.21. The Hall–Kier alpha value is -3.85. The van der Waals surface area contributed by atoms with Gasteiger partial charge >= 0.3 is 0 Å². The topological polar surface area (TPSA) is 106 Å². The minimum Gasteiger partial charge on any atom is -0.493 e. The number of hydrogen-bond donors (Lipinski definition) is 2. The number of carbonyl (C=O) groups is 1. The van der Waals surface area contributed by atoms with Gasteiger partial charge in [0.15, 0.2) is 11.5 Å². The molecule has 0 saturated carbocycles. The van der Waals surface area contributed by atoms with Gasteiger partial charge < -0.3 is 9.47 Å². The van der Waals surface area contributed by atoms with E-state index in [1.165, 1.54) is 30.5 Å². The van der Waals surface area contributed by atoms with Gasteiger partial charge in [-0.3, -0.25) is 9.52 Å². The molecule has 0 heterocycles. The summed E-state index contributed by atoms with van der Waals surface area (Å²) in [4.78, 5) is 12.5. The number of nitrogens with one attached hydrogen (secondary N) is 2. The van der Waals surface area contributed by atoms with Crippen LogP contribution >= 0.6 is 0 Å². The Morgan fingerprint density at radius 1 is 1.03 bits per heavy atom. The predicted octanol–water partition coefficient (Wildman–Crippen LogP) is 4.28. The molecule has 1 amide bonds. The van der Waals surface area contributed by atoms with Crippen LogP contribution in [0.25, 0.3) is 0 Å². The van der Waals surface area contributed by atoms with Crippen molar-refractivity contribution in [1.82, 2.24) is 5.43 Å². The SMILES string of the molecule is CCOc1cc(/C=N/NC(=O)c2cccc(S(=O)(=O)Nc3ccc(C)cc3C)c2)ccc1OC. The lowest BCUT2D eigenvalue weighted by molar-refractivity contribution is 0.0955. The number of benzene rings is 3. The predicted molar refractivity (Wildman–Crippen MR) is 132 cm³/mol. The average Bonchev–Trinajstić information content (AvgIpc) is 2.81. The van der Waals surface area contributed by atoms with Crippen LogP contribution in [0.4, 0.5) is 5.69 Å². The highest BCUT2D eigenvalue weighted by molar-refractivity contribution is 7.92. The van der Waals surface area contributed by atoms with Gasteiger partial charge in [0.2, 0.25) is 0 Å². The van der Waals surface area contributed by atoms with E-state index < -0.39 is 15.9 Å². The molecule has 34 heavy (non-hydrogen) atoms. The van der Waals surface area contributed by atoms with E-state index in [0.29, 0.717) is 29.4 Å². The van der Waals surface area contributed by atoms with E-state index >= 15 is 0 Å². The molecule has 178 valence electrons. The standard InChI is InChI=1S/C25H27N3O5S/c1-5-33-24-14-19(10-12-23(24)32-4)16-26-27-25(29)20-7-6-8-21(15-20)34(30,31)28-22-11-9-17(2)13-18(22)3/h6-16,28H,5H2,1-4H3,(H,27,29)/b26-16+. The normalized spacial score (nSPS) is 11.3. The lowest BCUT2D eigenvalue weighted by Gasteiger charge is -2.12. The van der Waals surface area contributed by atoms with Crippen LogP contribution in [0, 0.1) is 13.8 Å². The van der Waals surface area contributed by atoms with Gasteiger partial charge in [0.25, 0.3) is 15.9 Å². The summed E-state index contributed by atoms with van der Waals surface area (Å²) in [6.07, 6.45) is 1.46. The molecule has 0 unspecified atom stereocenters. The van der Waals surface area contributed by atoms with Crippen molar-refractivity contribution in [2.75, 3.05) is 18.4 Å². The van der Waals surface area contributed by atoms with Crippen LogP contribution in [0.2, 0.25) is 0 Å². The highest BCUT2D eigenvalue weighted by atomic mass is 32.2. The quantitative estimate of drug-likeness (QED) is 0.351. The number of anilines is 1. The summed E-state index contributed by atoms with van der Waals surface area (Å²) in [7, 11) is -2.33. The van der Waals surface area contributed by atoms with Crippen LogP contribution in [0.5, 0.6) is 11.5 Å². The summed E-state index contributed by atoms with van der Waals surface area (Å²) in [5.41, 5.74) is 5.58. The first kappa shape index (κ1) is 24.8. The Morgan fingerprint density at radius 2 is 1.82 bits per heavy atom. The zero-order valence-corrected chi connectivity index (χ0v) is 20.3. The van der Waals surface area contributed by atoms with Gasteiger partial charge in [-0.05, 0) is 74.4 Å². The zero-order chi connectivity index (χ0) is 24.7. The van der Waals surface area contributed by atoms with Crippen LogP contribution in [0.1, 0.15) is 34.0 Å². The summed E-state index contributed by atoms with van der Waals surface area (Å²) in [5.74, 6) is 0.614. The first-order valence-corrected chi connectivity index (χ1v) is 12.1. The van der Waals surface area contributed by atoms with Crippen LogP contribution < -0.4 is 19.6 Å². The van der Waals surface area contributed by atoms with Crippen molar-refractivity contribution in [3.8, 4) is 11.5 Å². The molecule has 0 fully saturated rings. The van der Waals surface area contributed by atoms with E-state index in [0.717, 1.165) is 11.1 Å². The van der Waals surface area contributed by atoms with E-state index in [1.54, 1.807) is 31.4 Å². The molecule has 3 aromatic rings. The number of hydrogen-bond acceptors (Lipinski definition) is 6. The molecule has 0 spiro atoms. The first-order chi connectivity index (χ1) is 16.2. The van der Waals surface area contributed by atoms with Crippen molar-refractivity contribution in [1.29, 1.82) is 0 Å². The third-order valence-corrected chi connectivity index (χ3v) is 6.26. The van der Waals surface area contributed by atoms with Crippen molar-refractivity contribution < 1.29 is 22.7 Å². The number of methoxy groups -OCH3 is 1. The molecule has 2 N–H and O–H groups in total. The molecule has 0 bridgehead atoms. The van der Waals surface area contributed by atoms with Gasteiger partial charge in [-0.15, -0.1) is 0 Å². The number of sulfonamides is 1. The smallest absolute Gasteiger partial charge is 0.271 e. The Morgan fingerprint density at radius 3 is 2.53 bits per heavy atom. The van der Waals surface area contributed by atoms with Gasteiger partial charge in [-0.25, -0.2) is 13.8 Å². The van der Waals surface area contributed by atoms with E-state index in [-0.39, 0.29) is 10.5 Å². The molecule has 3 rings (SSSR count). The summed E-state index contributed by atoms with van der Waals surface area (Å²) in [5, 5.41) is 3.97. The molecule has 0 atom stereocenters. The minimum atomic E-state index is -3.88. The molecule has 0 aliphatic rings. The molecule has 3 aromatic carbocycles. The Balaban J connectivity index is 1.72. The number of amides is 1. The second kappa shape index (κ2) is 10.8. The Labute approximate surface area is 199 Å². The molecule has 0 aliphatic heterocycles. The van der Waals surface area contributed by atoms with Crippen LogP contribution in [-0.4, -0.2) is 34.3 Å². The van der Waals surface area contributed by atoms with Crippen LogP contribution in [-0.2, 0) is 10.0 Å². The van der Waals surface area contributed by atoms with Gasteiger partial charge in [-0.2, -0.15) is 5.10 Å². The monoisotopic (exact) mass is 481 g/mol. The first-order valence-electron chi connectivity index (χ1n) is 10.6. The molecule has 0 radical (unpaired) electrons. The number of carbonyl (C=O) groups excluding carboxylic acids is 1. The van der Waals surface area contributed by atoms with E-state index in [9.17, 15) is 13.2 Å². The summed E-state index contributed by atoms with van der Waals surface area (Å²) in [6.45, 7) is 6.10. The molecular weight excluding hydrogens is 454 g/mol. The molecule has 8 nitrogen and oxygen atoms in total. The van der Waals surface area contributed by atoms with Gasteiger partial charge in [0.1, 0.15) is 0 Å². The van der Waals surface area contributed by atoms with Crippen molar-refractivity contribution in [2.45, 2.75) is 25.7 Å². The maximum atomic E-state index is 12.9. The molecular formula is C25H27N3O5S. The van der Waals surface area contributed by atoms with Crippen LogP contribution in [0.3, 0.4) is 0 Å². The zero-order valence-electron chi connectivity index (χ0n) is 19.5. The average molecular weight is 482 g/mol. The highest BCUT2D eigenvalue weighted by Gasteiger charge is 2.17. The largest absolute Gasteiger partial charge is 0.493 e. The maximum Gasteiger partial charge on any atom is 0.271 e. The van der Waals surface area contributed by atoms with Crippen molar-refractivity contribution in [3.05, 3.63) is 82.9 Å². The fraction of sp³-hybridized carbons (Fsp3) is 0.200. The summed E-state index contributed by atoms with van der Waals surface area (Å²) < 4.78 is 39.1. The number of nitrogens with zero attached hydrogens (tertiary/aromatic N) is 1. The number of hydrazone groups is 1. The van der Waals surface area contributed by atoms with E-state index in [4.69, 9.17) is 9.47 Å². The lowest BCUT2D eigenvalue weighted by Crippen LogP contribution is -2.19. The fourth-order valence-corrected chi connectivity index (χ4v) is 4.38. The van der Waals surface area contributed by atoms with Crippen LogP contribution in [0.15, 0.2) is 70.7 Å². The maximum absolute atomic E-state index is 12.9. The van der Waals surface area contributed by atoms with E-state index in [1.807, 2.05) is 32.9 Å². The summed E-state index contributed by atoms with van der Waals surface area (Å²) >= 11 is 0. The molecule has 0 aromatic heterocycles. The second-order valence-electron chi connectivity index (χ2n) is 7.49. The third kappa shape index (κ3) is 6.14. The Bertz CT molecular complexity index is 1320.